The maximum Gasteiger partial charge on any atom is 0.261 e. The van der Waals surface area contributed by atoms with Crippen LogP contribution in [0.1, 0.15) is 27.0 Å². The number of nitrogens with two attached hydrogens (primary N) is 2. The quantitative estimate of drug-likeness (QED) is 0.132. The van der Waals surface area contributed by atoms with Crippen molar-refractivity contribution in [1.29, 1.82) is 0 Å². The number of aromatic nitrogens is 1. The lowest BCUT2D eigenvalue weighted by molar-refractivity contribution is 0.102. The molecule has 0 aliphatic heterocycles. The summed E-state index contributed by atoms with van der Waals surface area (Å²) in [7, 11) is 3.11. The summed E-state index contributed by atoms with van der Waals surface area (Å²) in [6.45, 7) is 4.19. The van der Waals surface area contributed by atoms with Crippen LogP contribution in [0.5, 0.6) is 11.5 Å². The van der Waals surface area contributed by atoms with Crippen molar-refractivity contribution < 1.29 is 23.0 Å². The minimum absolute atomic E-state index is 0.0657. The van der Waals surface area contributed by atoms with E-state index >= 15 is 0 Å². The number of pyridine rings is 1. The molecule has 10 heteroatoms. The third kappa shape index (κ3) is 7.94. The molecular weight excluding hydrogens is 626 g/mol. The zero-order valence-corrected chi connectivity index (χ0v) is 26.9. The van der Waals surface area contributed by atoms with Gasteiger partial charge in [0.2, 0.25) is 5.43 Å². The molecule has 1 heterocycles. The summed E-state index contributed by atoms with van der Waals surface area (Å²) < 4.78 is 39.6. The van der Waals surface area contributed by atoms with Crippen LogP contribution in [0.2, 0.25) is 0 Å². The Morgan fingerprint density at radius 1 is 0.837 bits per heavy atom. The van der Waals surface area contributed by atoms with Crippen LogP contribution in [-0.2, 0) is 6.54 Å². The monoisotopic (exact) mass is 660 g/mol. The number of carbonyl (C=O) groups is 1. The zero-order valence-electron chi connectivity index (χ0n) is 26.9. The van der Waals surface area contributed by atoms with Gasteiger partial charge in [-0.1, -0.05) is 55.1 Å². The molecule has 8 nitrogen and oxygen atoms in total. The lowest BCUT2D eigenvalue weighted by atomic mass is 9.98. The fourth-order valence-corrected chi connectivity index (χ4v) is 5.22. The van der Waals surface area contributed by atoms with Crippen LogP contribution in [-0.4, -0.2) is 24.7 Å². The van der Waals surface area contributed by atoms with E-state index in [1.807, 2.05) is 12.1 Å². The number of ether oxygens (including phenoxy) is 2. The second-order valence-corrected chi connectivity index (χ2v) is 11.0. The van der Waals surface area contributed by atoms with E-state index in [4.69, 9.17) is 20.9 Å². The zero-order chi connectivity index (χ0) is 35.1. The summed E-state index contributed by atoms with van der Waals surface area (Å²) in [5.41, 5.74) is 16.0. The number of rotatable bonds is 11. The van der Waals surface area contributed by atoms with E-state index in [1.165, 1.54) is 42.6 Å². The molecule has 0 atom stereocenters. The van der Waals surface area contributed by atoms with Crippen LogP contribution in [0, 0.1) is 11.6 Å². The summed E-state index contributed by atoms with van der Waals surface area (Å²) in [6.07, 6.45) is 6.49. The second kappa shape index (κ2) is 15.0. The minimum atomic E-state index is -0.647. The molecule has 4 aromatic carbocycles. The van der Waals surface area contributed by atoms with Crippen molar-refractivity contribution in [2.24, 2.45) is 11.5 Å². The van der Waals surface area contributed by atoms with Crippen LogP contribution in [0.15, 0.2) is 133 Å². The highest BCUT2D eigenvalue weighted by Gasteiger charge is 2.18. The number of amides is 1. The van der Waals surface area contributed by atoms with Gasteiger partial charge in [-0.25, -0.2) is 8.78 Å². The van der Waals surface area contributed by atoms with Gasteiger partial charge in [0.05, 0.1) is 14.2 Å². The van der Waals surface area contributed by atoms with Crippen molar-refractivity contribution in [3.8, 4) is 22.6 Å². The van der Waals surface area contributed by atoms with Gasteiger partial charge in [0, 0.05) is 35.8 Å². The molecule has 0 radical (unpaired) electrons. The van der Waals surface area contributed by atoms with Gasteiger partial charge < -0.3 is 30.8 Å². The van der Waals surface area contributed by atoms with Crippen LogP contribution in [0.3, 0.4) is 0 Å². The molecule has 0 unspecified atom stereocenters. The highest BCUT2D eigenvalue weighted by atomic mass is 19.1. The van der Waals surface area contributed by atoms with Gasteiger partial charge in [0.25, 0.3) is 5.91 Å². The summed E-state index contributed by atoms with van der Waals surface area (Å²) in [4.78, 5) is 27.2. The number of methoxy groups -OCH3 is 2. The fraction of sp³-hybridized carbons (Fsp3) is 0.0769. The maximum atomic E-state index is 13.7. The van der Waals surface area contributed by atoms with E-state index in [-0.39, 0.29) is 29.3 Å². The van der Waals surface area contributed by atoms with Gasteiger partial charge in [0.15, 0.2) is 11.5 Å². The number of halogens is 2. The lowest BCUT2D eigenvalue weighted by Gasteiger charge is -2.14. The number of hydrogen-bond acceptors (Lipinski definition) is 6. The van der Waals surface area contributed by atoms with Crippen molar-refractivity contribution in [2.45, 2.75) is 6.54 Å². The number of hydrogen-bond donors (Lipinski definition) is 3. The normalized spacial score (nSPS) is 11.1. The van der Waals surface area contributed by atoms with E-state index in [9.17, 15) is 18.4 Å². The fourth-order valence-electron chi connectivity index (χ4n) is 5.22. The molecule has 49 heavy (non-hydrogen) atoms. The first-order valence-corrected chi connectivity index (χ1v) is 15.1. The molecule has 0 saturated carbocycles. The minimum Gasteiger partial charge on any atom is -0.493 e. The molecule has 1 aromatic heterocycles. The number of carbonyl (C=O) groups excluding carboxylic acids is 1. The Morgan fingerprint density at radius 2 is 1.45 bits per heavy atom. The van der Waals surface area contributed by atoms with E-state index in [2.05, 4.69) is 11.9 Å². The van der Waals surface area contributed by atoms with Crippen molar-refractivity contribution in [3.05, 3.63) is 172 Å². The molecule has 1 amide bonds. The number of benzene rings is 4. The number of nitrogens with zero attached hydrogens (tertiary/aromatic N) is 1. The summed E-state index contributed by atoms with van der Waals surface area (Å²) in [5.74, 6) is -0.297. The van der Waals surface area contributed by atoms with Gasteiger partial charge in [-0.2, -0.15) is 0 Å². The number of allylic oxidation sites excluding steroid dienone is 4. The van der Waals surface area contributed by atoms with Crippen molar-refractivity contribution in [1.82, 2.24) is 4.57 Å². The third-order valence-electron chi connectivity index (χ3n) is 7.76. The molecule has 5 N–H and O–H groups in total. The average Bonchev–Trinajstić information content (AvgIpc) is 3.11. The first-order valence-electron chi connectivity index (χ1n) is 15.1. The SMILES string of the molecule is C=C/C(=C\C(=C(N)N)c1ccc(NC(=O)c2cn(Cc3ccc(F)cc3)cc(-c3ccc(F)cc3)c2=O)cc1)c1ccc(OC)c(OC)c1. The van der Waals surface area contributed by atoms with E-state index in [0.29, 0.717) is 33.9 Å². The van der Waals surface area contributed by atoms with Gasteiger partial charge >= 0.3 is 0 Å². The highest BCUT2D eigenvalue weighted by Crippen LogP contribution is 2.32. The standard InChI is InChI=1S/C39H34F2N4O4/c1-4-25(28-11-18-35(48-2)36(20-28)49-3)19-32(38(42)43)26-9-16-31(17-10-26)44-39(47)34-23-45(21-24-5-12-29(40)13-6-24)22-33(37(34)46)27-7-14-30(41)15-8-27/h4-20,22-23H,1,21,42-43H2,2-3H3,(H,44,47)/b25-19+. The summed E-state index contributed by atoms with van der Waals surface area (Å²) >= 11 is 0. The third-order valence-corrected chi connectivity index (χ3v) is 7.76. The van der Waals surface area contributed by atoms with Crippen LogP contribution in [0.25, 0.3) is 22.3 Å². The van der Waals surface area contributed by atoms with Gasteiger partial charge in [-0.05, 0) is 82.4 Å². The van der Waals surface area contributed by atoms with E-state index in [0.717, 1.165) is 16.7 Å². The second-order valence-electron chi connectivity index (χ2n) is 11.0. The average molecular weight is 661 g/mol. The molecule has 248 valence electrons. The van der Waals surface area contributed by atoms with Crippen molar-refractivity contribution in [3.63, 3.8) is 0 Å². The number of anilines is 1. The Hall–Kier alpha value is -6.42. The Bertz CT molecular complexity index is 2120. The number of nitrogens with one attached hydrogen (secondary N) is 1. The maximum absolute atomic E-state index is 13.7. The highest BCUT2D eigenvalue weighted by molar-refractivity contribution is 6.04. The Labute approximate surface area is 282 Å². The van der Waals surface area contributed by atoms with Crippen LogP contribution in [0.4, 0.5) is 14.5 Å². The van der Waals surface area contributed by atoms with Crippen LogP contribution >= 0.6 is 0 Å². The molecule has 0 aliphatic rings. The van der Waals surface area contributed by atoms with Crippen LogP contribution < -0.4 is 31.7 Å². The summed E-state index contributed by atoms with van der Waals surface area (Å²) in [5, 5.41) is 2.78. The smallest absolute Gasteiger partial charge is 0.261 e. The van der Waals surface area contributed by atoms with Gasteiger partial charge in [-0.3, -0.25) is 9.59 Å². The summed E-state index contributed by atoms with van der Waals surface area (Å²) in [6, 6.07) is 23.6. The molecule has 0 bridgehead atoms. The molecular formula is C39H34F2N4O4. The largest absolute Gasteiger partial charge is 0.493 e. The molecule has 0 saturated heterocycles. The van der Waals surface area contributed by atoms with Crippen molar-refractivity contribution in [2.75, 3.05) is 19.5 Å². The predicted octanol–water partition coefficient (Wildman–Crippen LogP) is 6.97. The van der Waals surface area contributed by atoms with Crippen molar-refractivity contribution >= 4 is 22.7 Å². The van der Waals surface area contributed by atoms with E-state index < -0.39 is 17.2 Å². The predicted molar refractivity (Wildman–Crippen MR) is 189 cm³/mol. The molecule has 0 spiro atoms. The molecule has 0 fully saturated rings. The Balaban J connectivity index is 1.44. The molecule has 0 aliphatic carbocycles. The first-order chi connectivity index (χ1) is 23.6. The van der Waals surface area contributed by atoms with Gasteiger partial charge in [-0.15, -0.1) is 0 Å². The lowest BCUT2D eigenvalue weighted by Crippen LogP contribution is -2.24. The van der Waals surface area contributed by atoms with E-state index in [1.54, 1.807) is 79.6 Å². The van der Waals surface area contributed by atoms with Gasteiger partial charge in [0.1, 0.15) is 23.0 Å². The molecule has 5 aromatic rings. The molecule has 5 rings (SSSR count). The topological polar surface area (TPSA) is 122 Å². The Kier molecular flexibility index (Phi) is 10.4. The first kappa shape index (κ1) is 33.9. The Morgan fingerprint density at radius 3 is 2.04 bits per heavy atom.